The molecule has 2 unspecified atom stereocenters. The lowest BCUT2D eigenvalue weighted by Crippen LogP contribution is -2.65. The Balaban J connectivity index is 0.000000269. The van der Waals surface area contributed by atoms with Gasteiger partial charge in [-0.25, -0.2) is 0 Å². The first-order chi connectivity index (χ1) is 13.8. The molecule has 4 saturated carbocycles. The molecule has 4 fully saturated rings. The van der Waals surface area contributed by atoms with E-state index in [1.165, 1.54) is 13.8 Å². The number of carbonyl (C=O) groups is 1. The smallest absolute Gasteiger partial charge is 0.334 e. The van der Waals surface area contributed by atoms with E-state index in [1.54, 1.807) is 18.2 Å². The van der Waals surface area contributed by atoms with Gasteiger partial charge in [0, 0.05) is 16.1 Å². The fraction of sp³-hybridized carbons (Fsp3) is 0.650. The molecule has 0 aromatic heterocycles. The topological polar surface area (TPSA) is 116 Å². The summed E-state index contributed by atoms with van der Waals surface area (Å²) in [6.45, 7) is 2.83. The quantitative estimate of drug-likeness (QED) is 0.495. The highest BCUT2D eigenvalue weighted by Crippen LogP contribution is 2.55. The Hall–Kier alpha value is -0.900. The van der Waals surface area contributed by atoms with Gasteiger partial charge in [0.2, 0.25) is 5.91 Å². The van der Waals surface area contributed by atoms with Crippen molar-refractivity contribution in [1.29, 1.82) is 0 Å². The maximum absolute atomic E-state index is 12.4. The Morgan fingerprint density at radius 1 is 1.13 bits per heavy atom. The molecule has 0 aliphatic heterocycles. The van der Waals surface area contributed by atoms with Gasteiger partial charge in [0.15, 0.2) is 0 Å². The molecular weight excluding hydrogens is 451 g/mol. The number of carbonyl (C=O) groups excluding carboxylic acids is 1. The van der Waals surface area contributed by atoms with E-state index in [4.69, 9.17) is 27.8 Å². The van der Waals surface area contributed by atoms with Crippen LogP contribution in [0.1, 0.15) is 46.0 Å². The maximum atomic E-state index is 12.4. The molecular formula is C20H28Cl2N2O5S. The molecule has 4 bridgehead atoms. The molecule has 2 atom stereocenters. The fourth-order valence-corrected chi connectivity index (χ4v) is 6.55. The average molecular weight is 479 g/mol. The Morgan fingerprint density at radius 2 is 1.67 bits per heavy atom. The molecule has 4 aliphatic carbocycles. The second-order valence-corrected chi connectivity index (χ2v) is 11.4. The number of benzene rings is 1. The van der Waals surface area contributed by atoms with E-state index in [2.05, 4.69) is 5.32 Å². The third-order valence-corrected chi connectivity index (χ3v) is 7.52. The molecule has 4 aliphatic rings. The molecule has 1 aromatic rings. The maximum Gasteiger partial charge on any atom is 0.334 e. The van der Waals surface area contributed by atoms with Crippen LogP contribution in [0, 0.1) is 17.8 Å². The van der Waals surface area contributed by atoms with E-state index in [0.29, 0.717) is 28.8 Å². The predicted octanol–water partition coefficient (Wildman–Crippen LogP) is 3.21. The van der Waals surface area contributed by atoms with Gasteiger partial charge in [-0.15, -0.1) is 0 Å². The zero-order valence-electron chi connectivity index (χ0n) is 16.9. The second kappa shape index (κ2) is 8.56. The molecule has 4 N–H and O–H groups in total. The summed E-state index contributed by atoms with van der Waals surface area (Å²) < 4.78 is 32.8. The second-order valence-electron chi connectivity index (χ2n) is 9.34. The summed E-state index contributed by atoms with van der Waals surface area (Å²) in [5.41, 5.74) is -1.99. The number of nitrogens with one attached hydrogen (secondary N) is 2. The van der Waals surface area contributed by atoms with Gasteiger partial charge in [-0.05, 0) is 81.9 Å². The first-order valence-corrected chi connectivity index (χ1v) is 12.2. The summed E-state index contributed by atoms with van der Waals surface area (Å²) in [7, 11) is -4.45. The normalized spacial score (nSPS) is 32.3. The van der Waals surface area contributed by atoms with Gasteiger partial charge < -0.3 is 10.4 Å². The number of halogens is 2. The van der Waals surface area contributed by atoms with E-state index < -0.39 is 27.4 Å². The number of rotatable bonds is 4. The lowest BCUT2D eigenvalue weighted by molar-refractivity contribution is -0.148. The van der Waals surface area contributed by atoms with Gasteiger partial charge in [-0.1, -0.05) is 29.3 Å². The first kappa shape index (κ1) is 23.8. The zero-order chi connectivity index (χ0) is 22.3. The molecule has 10 heteroatoms. The highest BCUT2D eigenvalue weighted by molar-refractivity contribution is 7.83. The fourth-order valence-electron chi connectivity index (χ4n) is 5.38. The van der Waals surface area contributed by atoms with Crippen LogP contribution in [0.2, 0.25) is 10.0 Å². The highest BCUT2D eigenvalue weighted by atomic mass is 35.5. The third-order valence-electron chi connectivity index (χ3n) is 6.28. The highest BCUT2D eigenvalue weighted by Gasteiger charge is 2.55. The van der Waals surface area contributed by atoms with E-state index in [9.17, 15) is 18.3 Å². The molecule has 0 saturated heterocycles. The van der Waals surface area contributed by atoms with Crippen LogP contribution in [0.3, 0.4) is 0 Å². The Labute approximate surface area is 187 Å². The average Bonchev–Trinajstić information content (AvgIpc) is 2.54. The van der Waals surface area contributed by atoms with Crippen molar-refractivity contribution in [3.8, 4) is 0 Å². The van der Waals surface area contributed by atoms with Crippen molar-refractivity contribution in [3.63, 3.8) is 0 Å². The van der Waals surface area contributed by atoms with E-state index in [1.807, 2.05) is 10.8 Å². The lowest BCUT2D eigenvalue weighted by Gasteiger charge is -2.58. The van der Waals surface area contributed by atoms with E-state index in [-0.39, 0.29) is 17.9 Å². The third kappa shape index (κ3) is 5.87. The van der Waals surface area contributed by atoms with Gasteiger partial charge in [0.1, 0.15) is 5.54 Å². The Kier molecular flexibility index (Phi) is 6.78. The van der Waals surface area contributed by atoms with Crippen LogP contribution in [0.4, 0.5) is 0 Å². The van der Waals surface area contributed by atoms with Crippen LogP contribution >= 0.6 is 23.2 Å². The number of aliphatic hydroxyl groups is 1. The molecule has 0 heterocycles. The van der Waals surface area contributed by atoms with Crippen LogP contribution < -0.4 is 10.0 Å². The van der Waals surface area contributed by atoms with Crippen molar-refractivity contribution >= 4 is 39.4 Å². The van der Waals surface area contributed by atoms with Crippen molar-refractivity contribution in [2.45, 2.75) is 63.1 Å². The van der Waals surface area contributed by atoms with Crippen LogP contribution in [-0.4, -0.2) is 41.2 Å². The number of amides is 1. The van der Waals surface area contributed by atoms with Crippen molar-refractivity contribution in [1.82, 2.24) is 10.0 Å². The molecule has 1 amide bonds. The van der Waals surface area contributed by atoms with Gasteiger partial charge in [0.05, 0.1) is 5.60 Å². The zero-order valence-corrected chi connectivity index (χ0v) is 19.3. The SMILES string of the molecule is CC(C)(NS(=O)(=O)O)C(=O)NC1C2CC3CC1CC(O)(C3)C2.Clc1cccc(Cl)c1. The minimum Gasteiger partial charge on any atom is -0.390 e. The summed E-state index contributed by atoms with van der Waals surface area (Å²) >= 11 is 11.1. The lowest BCUT2D eigenvalue weighted by atomic mass is 9.52. The predicted molar refractivity (Wildman–Crippen MR) is 116 cm³/mol. The molecule has 168 valence electrons. The molecule has 7 nitrogen and oxygen atoms in total. The molecule has 5 rings (SSSR count). The van der Waals surface area contributed by atoms with Crippen LogP contribution in [0.15, 0.2) is 24.3 Å². The van der Waals surface area contributed by atoms with Crippen LogP contribution in [0.25, 0.3) is 0 Å². The van der Waals surface area contributed by atoms with Gasteiger partial charge in [0.25, 0.3) is 0 Å². The van der Waals surface area contributed by atoms with Gasteiger partial charge in [-0.2, -0.15) is 13.1 Å². The van der Waals surface area contributed by atoms with E-state index >= 15 is 0 Å². The van der Waals surface area contributed by atoms with Crippen molar-refractivity contribution in [3.05, 3.63) is 34.3 Å². The minimum atomic E-state index is -4.45. The largest absolute Gasteiger partial charge is 0.390 e. The van der Waals surface area contributed by atoms with Crippen molar-refractivity contribution in [2.75, 3.05) is 0 Å². The van der Waals surface area contributed by atoms with Gasteiger partial charge in [-0.3, -0.25) is 9.35 Å². The standard InChI is InChI=1S/C14H24N2O5S.C6H4Cl2/c1-13(2,16-22(19,20)21)12(17)15-11-9-3-8-4-10(11)7-14(18,5-8)6-9;7-5-2-1-3-6(8)4-5/h8-11,16,18H,3-7H2,1-2H3,(H,15,17)(H,19,20,21);1-4H. The summed E-state index contributed by atoms with van der Waals surface area (Å²) in [6.07, 6.45) is 4.30. The summed E-state index contributed by atoms with van der Waals surface area (Å²) in [4.78, 5) is 12.4. The Morgan fingerprint density at radius 3 is 2.07 bits per heavy atom. The van der Waals surface area contributed by atoms with Crippen LogP contribution in [0.5, 0.6) is 0 Å². The number of hydrogen-bond acceptors (Lipinski definition) is 4. The summed E-state index contributed by atoms with van der Waals surface area (Å²) in [6, 6.07) is 7.06. The molecule has 1 aromatic carbocycles. The molecule has 0 spiro atoms. The van der Waals surface area contributed by atoms with Gasteiger partial charge >= 0.3 is 10.3 Å². The number of hydrogen-bond donors (Lipinski definition) is 4. The molecule has 30 heavy (non-hydrogen) atoms. The summed E-state index contributed by atoms with van der Waals surface area (Å²) in [5.74, 6) is 0.595. The minimum absolute atomic E-state index is 0.0215. The molecule has 0 radical (unpaired) electrons. The van der Waals surface area contributed by atoms with Crippen molar-refractivity contribution < 1.29 is 22.9 Å². The van der Waals surface area contributed by atoms with Crippen LogP contribution in [-0.2, 0) is 15.1 Å². The Bertz CT molecular complexity index is 875. The van der Waals surface area contributed by atoms with Crippen molar-refractivity contribution in [2.24, 2.45) is 17.8 Å². The first-order valence-electron chi connectivity index (χ1n) is 9.97. The summed E-state index contributed by atoms with van der Waals surface area (Å²) in [5, 5.41) is 14.8. The monoisotopic (exact) mass is 478 g/mol. The van der Waals surface area contributed by atoms with E-state index in [0.717, 1.165) is 19.3 Å².